The van der Waals surface area contributed by atoms with Crippen molar-refractivity contribution in [2.45, 2.75) is 13.8 Å². The van der Waals surface area contributed by atoms with Crippen molar-refractivity contribution in [1.82, 2.24) is 9.97 Å². The summed E-state index contributed by atoms with van der Waals surface area (Å²) in [6.45, 7) is 3.99. The number of aryl methyl sites for hydroxylation is 2. The molecular weight excluding hydrogens is 336 g/mol. The molecule has 128 valence electrons. The van der Waals surface area contributed by atoms with Crippen LogP contribution in [0.2, 0.25) is 5.02 Å². The largest absolute Gasteiger partial charge is 0.495 e. The quantitative estimate of drug-likeness (QED) is 0.656. The summed E-state index contributed by atoms with van der Waals surface area (Å²) in [5, 5.41) is 7.09. The predicted octanol–water partition coefficient (Wildman–Crippen LogP) is 5.24. The van der Waals surface area contributed by atoms with Gasteiger partial charge in [0.15, 0.2) is 0 Å². The fraction of sp³-hybridized carbons (Fsp3) is 0.158. The summed E-state index contributed by atoms with van der Waals surface area (Å²) in [4.78, 5) is 8.76. The molecule has 1 heterocycles. The molecule has 25 heavy (non-hydrogen) atoms. The molecule has 0 aliphatic carbocycles. The highest BCUT2D eigenvalue weighted by Gasteiger charge is 2.09. The molecule has 0 bridgehead atoms. The second-order valence-corrected chi connectivity index (χ2v) is 6.09. The monoisotopic (exact) mass is 354 g/mol. The summed E-state index contributed by atoms with van der Waals surface area (Å²) in [5.74, 6) is 1.80. The highest BCUT2D eigenvalue weighted by Crippen LogP contribution is 2.32. The second-order valence-electron chi connectivity index (χ2n) is 5.68. The predicted molar refractivity (Wildman–Crippen MR) is 103 cm³/mol. The molecule has 2 N–H and O–H groups in total. The smallest absolute Gasteiger partial charge is 0.229 e. The van der Waals surface area contributed by atoms with Crippen LogP contribution in [-0.2, 0) is 0 Å². The molecule has 0 saturated carbocycles. The van der Waals surface area contributed by atoms with Crippen LogP contribution in [0, 0.1) is 13.8 Å². The maximum atomic E-state index is 6.15. The fourth-order valence-corrected chi connectivity index (χ4v) is 2.48. The van der Waals surface area contributed by atoms with Crippen molar-refractivity contribution < 1.29 is 4.74 Å². The molecule has 0 spiro atoms. The molecule has 0 fully saturated rings. The highest BCUT2D eigenvalue weighted by atomic mass is 35.5. The summed E-state index contributed by atoms with van der Waals surface area (Å²) < 4.78 is 5.37. The lowest BCUT2D eigenvalue weighted by Crippen LogP contribution is -2.02. The SMILES string of the molecule is COc1cc(Cl)c(C)cc1Nc1nccc(Nc2ccc(C)cc2)n1. The van der Waals surface area contributed by atoms with Crippen LogP contribution >= 0.6 is 11.6 Å². The standard InChI is InChI=1S/C19H19ClN4O/c1-12-4-6-14(7-5-12)22-18-8-9-21-19(24-18)23-16-10-13(2)15(20)11-17(16)25-3/h4-11H,1-3H3,(H2,21,22,23,24). The number of hydrogen-bond acceptors (Lipinski definition) is 5. The lowest BCUT2D eigenvalue weighted by molar-refractivity contribution is 0.416. The van der Waals surface area contributed by atoms with E-state index in [2.05, 4.69) is 27.5 Å². The maximum absolute atomic E-state index is 6.15. The summed E-state index contributed by atoms with van der Waals surface area (Å²) in [6.07, 6.45) is 1.70. The highest BCUT2D eigenvalue weighted by molar-refractivity contribution is 6.31. The number of nitrogens with zero attached hydrogens (tertiary/aromatic N) is 2. The molecule has 0 saturated heterocycles. The third-order valence-electron chi connectivity index (χ3n) is 3.71. The molecule has 0 atom stereocenters. The van der Waals surface area contributed by atoms with Crippen molar-refractivity contribution >= 4 is 34.7 Å². The molecule has 0 aliphatic rings. The van der Waals surface area contributed by atoms with Gasteiger partial charge in [0.05, 0.1) is 12.8 Å². The first kappa shape index (κ1) is 17.0. The van der Waals surface area contributed by atoms with E-state index in [0.29, 0.717) is 22.5 Å². The van der Waals surface area contributed by atoms with E-state index < -0.39 is 0 Å². The summed E-state index contributed by atoms with van der Waals surface area (Å²) in [6, 6.07) is 13.6. The van der Waals surface area contributed by atoms with Gasteiger partial charge in [0.2, 0.25) is 5.95 Å². The summed E-state index contributed by atoms with van der Waals surface area (Å²) >= 11 is 6.15. The molecule has 0 radical (unpaired) electrons. The van der Waals surface area contributed by atoms with Gasteiger partial charge in [-0.15, -0.1) is 0 Å². The van der Waals surface area contributed by atoms with Crippen LogP contribution in [0.5, 0.6) is 5.75 Å². The number of nitrogens with one attached hydrogen (secondary N) is 2. The van der Waals surface area contributed by atoms with Crippen LogP contribution < -0.4 is 15.4 Å². The van der Waals surface area contributed by atoms with Crippen LogP contribution in [-0.4, -0.2) is 17.1 Å². The minimum absolute atomic E-state index is 0.470. The van der Waals surface area contributed by atoms with E-state index in [0.717, 1.165) is 16.9 Å². The summed E-state index contributed by atoms with van der Waals surface area (Å²) in [7, 11) is 1.60. The van der Waals surface area contributed by atoms with Crippen molar-refractivity contribution in [2.75, 3.05) is 17.7 Å². The van der Waals surface area contributed by atoms with Crippen molar-refractivity contribution in [3.8, 4) is 5.75 Å². The average molecular weight is 355 g/mol. The van der Waals surface area contributed by atoms with Crippen molar-refractivity contribution in [2.24, 2.45) is 0 Å². The zero-order valence-corrected chi connectivity index (χ0v) is 15.1. The Morgan fingerprint density at radius 2 is 1.76 bits per heavy atom. The van der Waals surface area contributed by atoms with E-state index in [-0.39, 0.29) is 0 Å². The lowest BCUT2D eigenvalue weighted by Gasteiger charge is -2.13. The van der Waals surface area contributed by atoms with E-state index in [1.54, 1.807) is 19.4 Å². The van der Waals surface area contributed by atoms with Crippen LogP contribution in [0.3, 0.4) is 0 Å². The van der Waals surface area contributed by atoms with Gasteiger partial charge in [0.1, 0.15) is 11.6 Å². The Morgan fingerprint density at radius 1 is 1.00 bits per heavy atom. The van der Waals surface area contributed by atoms with Gasteiger partial charge in [-0.1, -0.05) is 29.3 Å². The van der Waals surface area contributed by atoms with Gasteiger partial charge in [-0.3, -0.25) is 0 Å². The van der Waals surface area contributed by atoms with Gasteiger partial charge in [0.25, 0.3) is 0 Å². The Morgan fingerprint density at radius 3 is 2.48 bits per heavy atom. The first-order chi connectivity index (χ1) is 12.0. The number of rotatable bonds is 5. The van der Waals surface area contributed by atoms with Crippen LogP contribution in [0.25, 0.3) is 0 Å². The van der Waals surface area contributed by atoms with Crippen LogP contribution in [0.4, 0.5) is 23.1 Å². The molecule has 0 unspecified atom stereocenters. The molecule has 0 amide bonds. The molecule has 0 aliphatic heterocycles. The lowest BCUT2D eigenvalue weighted by atomic mass is 10.2. The van der Waals surface area contributed by atoms with Gasteiger partial charge in [-0.2, -0.15) is 4.98 Å². The maximum Gasteiger partial charge on any atom is 0.229 e. The molecular formula is C19H19ClN4O. The first-order valence-corrected chi connectivity index (χ1v) is 8.21. The number of hydrogen-bond donors (Lipinski definition) is 2. The number of benzene rings is 2. The van der Waals surface area contributed by atoms with Gasteiger partial charge in [-0.25, -0.2) is 4.98 Å². The Hall–Kier alpha value is -2.79. The van der Waals surface area contributed by atoms with Gasteiger partial charge >= 0.3 is 0 Å². The molecule has 2 aromatic carbocycles. The van der Waals surface area contributed by atoms with Crippen molar-refractivity contribution in [3.05, 3.63) is 64.8 Å². The Balaban J connectivity index is 1.82. The number of ether oxygens (including phenoxy) is 1. The third-order valence-corrected chi connectivity index (χ3v) is 4.11. The van der Waals surface area contributed by atoms with Gasteiger partial charge < -0.3 is 15.4 Å². The third kappa shape index (κ3) is 4.19. The number of aromatic nitrogens is 2. The van der Waals surface area contributed by atoms with Gasteiger partial charge in [-0.05, 0) is 43.7 Å². The molecule has 5 nitrogen and oxygen atoms in total. The molecule has 1 aromatic heterocycles. The van der Waals surface area contributed by atoms with Crippen LogP contribution in [0.1, 0.15) is 11.1 Å². The van der Waals surface area contributed by atoms with Crippen molar-refractivity contribution in [1.29, 1.82) is 0 Å². The Kier molecular flexibility index (Phi) is 5.05. The van der Waals surface area contributed by atoms with Gasteiger partial charge in [0, 0.05) is 23.0 Å². The van der Waals surface area contributed by atoms with E-state index >= 15 is 0 Å². The Labute approximate surface area is 152 Å². The molecule has 6 heteroatoms. The van der Waals surface area contributed by atoms with Crippen molar-refractivity contribution in [3.63, 3.8) is 0 Å². The summed E-state index contributed by atoms with van der Waals surface area (Å²) in [5.41, 5.74) is 3.88. The topological polar surface area (TPSA) is 59.1 Å². The Bertz CT molecular complexity index is 881. The fourth-order valence-electron chi connectivity index (χ4n) is 2.32. The minimum atomic E-state index is 0.470. The normalized spacial score (nSPS) is 10.4. The number of halogens is 1. The van der Waals surface area contributed by atoms with E-state index in [1.165, 1.54) is 5.56 Å². The van der Waals surface area contributed by atoms with Crippen LogP contribution in [0.15, 0.2) is 48.7 Å². The second kappa shape index (κ2) is 7.40. The zero-order valence-electron chi connectivity index (χ0n) is 14.3. The molecule has 3 rings (SSSR count). The minimum Gasteiger partial charge on any atom is -0.495 e. The number of methoxy groups -OCH3 is 1. The van der Waals surface area contributed by atoms with E-state index in [4.69, 9.17) is 16.3 Å². The van der Waals surface area contributed by atoms with E-state index in [9.17, 15) is 0 Å². The first-order valence-electron chi connectivity index (χ1n) is 7.83. The number of anilines is 4. The van der Waals surface area contributed by atoms with E-state index in [1.807, 2.05) is 43.3 Å². The average Bonchev–Trinajstić information content (AvgIpc) is 2.60. The zero-order chi connectivity index (χ0) is 17.8. The molecule has 3 aromatic rings.